The summed E-state index contributed by atoms with van der Waals surface area (Å²) < 4.78 is 37.7. The summed E-state index contributed by atoms with van der Waals surface area (Å²) in [5, 5.41) is 7.12. The summed E-state index contributed by atoms with van der Waals surface area (Å²) in [6, 6.07) is 9.45. The van der Waals surface area contributed by atoms with Crippen LogP contribution in [0.25, 0.3) is 0 Å². The lowest BCUT2D eigenvalue weighted by atomic mass is 10.0. The predicted molar refractivity (Wildman–Crippen MR) is 88.6 cm³/mol. The van der Waals surface area contributed by atoms with Gasteiger partial charge in [0.15, 0.2) is 0 Å². The Labute approximate surface area is 149 Å². The molecule has 1 fully saturated rings. The molecule has 0 aromatic heterocycles. The Kier molecular flexibility index (Phi) is 7.02. The van der Waals surface area contributed by atoms with Gasteiger partial charge in [0.25, 0.3) is 0 Å². The molecule has 0 radical (unpaired) electrons. The quantitative estimate of drug-likeness (QED) is 0.845. The summed E-state index contributed by atoms with van der Waals surface area (Å²) in [4.78, 5) is 22.6. The van der Waals surface area contributed by atoms with Gasteiger partial charge in [-0.25, -0.2) is 4.79 Å². The van der Waals surface area contributed by atoms with E-state index in [2.05, 4.69) is 25.7 Å². The lowest BCUT2D eigenvalue weighted by Crippen LogP contribution is -2.50. The molecule has 2 atom stereocenters. The number of ether oxygens (including phenoxy) is 1. The van der Waals surface area contributed by atoms with E-state index in [0.717, 1.165) is 12.3 Å². The Morgan fingerprint density at radius 1 is 1.19 bits per heavy atom. The number of amides is 1. The number of primary amides is 1. The number of aliphatic carboxylic acids is 1. The highest BCUT2D eigenvalue weighted by atomic mass is 19.4. The Morgan fingerprint density at radius 2 is 1.69 bits per heavy atom. The molecule has 1 amide bonds. The van der Waals surface area contributed by atoms with Crippen LogP contribution in [-0.4, -0.2) is 52.3 Å². The largest absolute Gasteiger partial charge is 0.490 e. The zero-order valence-corrected chi connectivity index (χ0v) is 14.8. The summed E-state index contributed by atoms with van der Waals surface area (Å²) in [5.41, 5.74) is 5.42. The minimum absolute atomic E-state index is 0.0131. The zero-order valence-electron chi connectivity index (χ0n) is 14.8. The molecule has 0 unspecified atom stereocenters. The summed E-state index contributed by atoms with van der Waals surface area (Å²) in [5.74, 6) is -2.19. The molecule has 6 nitrogen and oxygen atoms in total. The number of carbonyl (C=O) groups excluding carboxylic acids is 1. The first-order chi connectivity index (χ1) is 11.8. The van der Waals surface area contributed by atoms with Gasteiger partial charge < -0.3 is 15.6 Å². The van der Waals surface area contributed by atoms with E-state index in [1.54, 1.807) is 0 Å². The van der Waals surface area contributed by atoms with E-state index in [4.69, 9.17) is 20.4 Å². The lowest BCUT2D eigenvalue weighted by molar-refractivity contribution is -0.192. The first kappa shape index (κ1) is 21.8. The molecule has 1 heterocycles. The highest BCUT2D eigenvalue weighted by molar-refractivity contribution is 5.80. The fourth-order valence-electron chi connectivity index (χ4n) is 2.59. The van der Waals surface area contributed by atoms with Gasteiger partial charge >= 0.3 is 12.1 Å². The monoisotopic (exact) mass is 376 g/mol. The number of carboxylic acid groups (broad SMARTS) is 1. The number of hydrogen-bond donors (Lipinski definition) is 2. The van der Waals surface area contributed by atoms with E-state index in [1.165, 1.54) is 0 Å². The van der Waals surface area contributed by atoms with Gasteiger partial charge in [-0.15, -0.1) is 0 Å². The molecule has 146 valence electrons. The van der Waals surface area contributed by atoms with Crippen LogP contribution >= 0.6 is 0 Å². The number of hydrogen-bond acceptors (Lipinski definition) is 4. The molecule has 0 bridgehead atoms. The molecule has 1 aromatic carbocycles. The third kappa shape index (κ3) is 6.55. The topological polar surface area (TPSA) is 92.9 Å². The number of nitrogens with two attached hydrogens (primary N) is 1. The number of carbonyl (C=O) groups is 2. The van der Waals surface area contributed by atoms with Gasteiger partial charge in [0.05, 0.1) is 6.04 Å². The van der Waals surface area contributed by atoms with E-state index in [1.807, 2.05) is 30.3 Å². The molecule has 9 heteroatoms. The van der Waals surface area contributed by atoms with Crippen molar-refractivity contribution in [3.05, 3.63) is 30.3 Å². The number of likely N-dealkylation sites (tertiary alicyclic amines) is 1. The third-order valence-electron chi connectivity index (χ3n) is 3.74. The fraction of sp³-hybridized carbons (Fsp3) is 0.529. The van der Waals surface area contributed by atoms with Crippen LogP contribution in [0.15, 0.2) is 30.3 Å². The number of carboxylic acids is 1. The molecule has 1 saturated heterocycles. The number of para-hydroxylation sites is 1. The van der Waals surface area contributed by atoms with Crippen molar-refractivity contribution in [1.29, 1.82) is 0 Å². The SMILES string of the molecule is CC(C)(C)N1C[C@@H](Oc2ccccc2)C[C@H]1C(N)=O.O=C(O)C(F)(F)F. The average molecular weight is 376 g/mol. The maximum Gasteiger partial charge on any atom is 0.490 e. The second-order valence-corrected chi connectivity index (χ2v) is 6.83. The molecule has 1 aromatic rings. The van der Waals surface area contributed by atoms with Gasteiger partial charge in [-0.3, -0.25) is 9.69 Å². The van der Waals surface area contributed by atoms with Crippen molar-refractivity contribution in [2.75, 3.05) is 6.54 Å². The van der Waals surface area contributed by atoms with Crippen LogP contribution in [0.5, 0.6) is 5.75 Å². The lowest BCUT2D eigenvalue weighted by Gasteiger charge is -2.35. The first-order valence-corrected chi connectivity index (χ1v) is 7.90. The van der Waals surface area contributed by atoms with E-state index < -0.39 is 12.1 Å². The van der Waals surface area contributed by atoms with Crippen molar-refractivity contribution in [2.24, 2.45) is 5.73 Å². The Bertz CT molecular complexity index is 615. The molecule has 0 spiro atoms. The standard InChI is InChI=1S/C15H22N2O2.C2HF3O2/c1-15(2,3)17-10-12(9-13(17)14(16)18)19-11-7-5-4-6-8-11;3-2(4,5)1(6)7/h4-8,12-13H,9-10H2,1-3H3,(H2,16,18);(H,6,7)/t12-,13-;/m0./s1. The van der Waals surface area contributed by atoms with Crippen molar-refractivity contribution in [3.8, 4) is 5.75 Å². The van der Waals surface area contributed by atoms with Gasteiger partial charge in [0.1, 0.15) is 11.9 Å². The van der Waals surface area contributed by atoms with Gasteiger partial charge in [-0.2, -0.15) is 13.2 Å². The smallest absolute Gasteiger partial charge is 0.489 e. The Morgan fingerprint density at radius 3 is 2.04 bits per heavy atom. The molecule has 26 heavy (non-hydrogen) atoms. The van der Waals surface area contributed by atoms with E-state index >= 15 is 0 Å². The van der Waals surface area contributed by atoms with Crippen LogP contribution in [0, 0.1) is 0 Å². The third-order valence-corrected chi connectivity index (χ3v) is 3.74. The molecule has 2 rings (SSSR count). The summed E-state index contributed by atoms with van der Waals surface area (Å²) in [6.45, 7) is 7.00. The van der Waals surface area contributed by atoms with Crippen LogP contribution in [0.2, 0.25) is 0 Å². The number of nitrogens with zero attached hydrogens (tertiary/aromatic N) is 1. The van der Waals surface area contributed by atoms with E-state index in [9.17, 15) is 18.0 Å². The average Bonchev–Trinajstić information content (AvgIpc) is 2.92. The molecule has 0 aliphatic carbocycles. The summed E-state index contributed by atoms with van der Waals surface area (Å²) in [6.07, 6.45) is -4.42. The number of halogens is 3. The highest BCUT2D eigenvalue weighted by Gasteiger charge is 2.42. The maximum atomic E-state index is 11.6. The molecule has 1 aliphatic heterocycles. The van der Waals surface area contributed by atoms with E-state index in [0.29, 0.717) is 6.42 Å². The molecular weight excluding hydrogens is 353 g/mol. The minimum Gasteiger partial charge on any atom is -0.489 e. The normalized spacial score (nSPS) is 20.8. The van der Waals surface area contributed by atoms with Crippen molar-refractivity contribution in [3.63, 3.8) is 0 Å². The number of benzene rings is 1. The second-order valence-electron chi connectivity index (χ2n) is 6.83. The van der Waals surface area contributed by atoms with Crippen LogP contribution in [0.1, 0.15) is 27.2 Å². The minimum atomic E-state index is -5.08. The first-order valence-electron chi connectivity index (χ1n) is 7.90. The van der Waals surface area contributed by atoms with Gasteiger partial charge in [-0.1, -0.05) is 18.2 Å². The van der Waals surface area contributed by atoms with Crippen molar-refractivity contribution < 1.29 is 32.6 Å². The number of rotatable bonds is 3. The zero-order chi connectivity index (χ0) is 20.1. The molecule has 3 N–H and O–H groups in total. The second kappa shape index (κ2) is 8.39. The van der Waals surface area contributed by atoms with E-state index in [-0.39, 0.29) is 23.6 Å². The Hall–Kier alpha value is -2.29. The molecule has 1 aliphatic rings. The highest BCUT2D eigenvalue weighted by Crippen LogP contribution is 2.29. The predicted octanol–water partition coefficient (Wildman–Crippen LogP) is 2.43. The van der Waals surface area contributed by atoms with Crippen molar-refractivity contribution in [2.45, 2.75) is 51.1 Å². The van der Waals surface area contributed by atoms with Crippen LogP contribution in [0.4, 0.5) is 13.2 Å². The van der Waals surface area contributed by atoms with Crippen molar-refractivity contribution >= 4 is 11.9 Å². The van der Waals surface area contributed by atoms with Crippen LogP contribution in [0.3, 0.4) is 0 Å². The molecule has 0 saturated carbocycles. The summed E-state index contributed by atoms with van der Waals surface area (Å²) >= 11 is 0. The molecular formula is C17H23F3N2O4. The maximum absolute atomic E-state index is 11.6. The Balaban J connectivity index is 0.000000412. The summed E-state index contributed by atoms with van der Waals surface area (Å²) in [7, 11) is 0. The van der Waals surface area contributed by atoms with Gasteiger partial charge in [-0.05, 0) is 32.9 Å². The van der Waals surface area contributed by atoms with Crippen LogP contribution < -0.4 is 10.5 Å². The van der Waals surface area contributed by atoms with Crippen molar-refractivity contribution in [1.82, 2.24) is 4.90 Å². The fourth-order valence-corrected chi connectivity index (χ4v) is 2.59. The van der Waals surface area contributed by atoms with Gasteiger partial charge in [0.2, 0.25) is 5.91 Å². The van der Waals surface area contributed by atoms with Crippen LogP contribution in [-0.2, 0) is 9.59 Å². The number of alkyl halides is 3. The van der Waals surface area contributed by atoms with Gasteiger partial charge in [0, 0.05) is 18.5 Å².